The lowest BCUT2D eigenvalue weighted by Gasteiger charge is -2.36. The summed E-state index contributed by atoms with van der Waals surface area (Å²) in [5.41, 5.74) is 3.00. The Morgan fingerprint density at radius 1 is 0.900 bits per heavy atom. The smallest absolute Gasteiger partial charge is 0.293 e. The van der Waals surface area contributed by atoms with E-state index >= 15 is 0 Å². The van der Waals surface area contributed by atoms with Crippen LogP contribution in [0.15, 0.2) is 66.7 Å². The first-order valence-electron chi connectivity index (χ1n) is 13.2. The van der Waals surface area contributed by atoms with Crippen molar-refractivity contribution >= 4 is 46.2 Å². The minimum Gasteiger partial charge on any atom is -0.378 e. The fourth-order valence-corrected chi connectivity index (χ4v) is 5.17. The van der Waals surface area contributed by atoms with Crippen LogP contribution in [0.2, 0.25) is 5.02 Å². The minimum absolute atomic E-state index is 0.0593. The molecule has 3 aromatic rings. The van der Waals surface area contributed by atoms with E-state index in [-0.39, 0.29) is 23.6 Å². The summed E-state index contributed by atoms with van der Waals surface area (Å²) in [6.45, 7) is 4.75. The third-order valence-corrected chi connectivity index (χ3v) is 7.58. The van der Waals surface area contributed by atoms with Gasteiger partial charge in [0.25, 0.3) is 11.6 Å². The van der Waals surface area contributed by atoms with Crippen LogP contribution in [-0.2, 0) is 16.0 Å². The number of anilines is 3. The molecule has 2 amide bonds. The van der Waals surface area contributed by atoms with Crippen molar-refractivity contribution in [1.82, 2.24) is 4.90 Å². The number of morpholine rings is 1. The Morgan fingerprint density at radius 2 is 1.60 bits per heavy atom. The predicted octanol–water partition coefficient (Wildman–Crippen LogP) is 4.23. The third-order valence-electron chi connectivity index (χ3n) is 7.21. The Bertz CT molecular complexity index is 1390. The van der Waals surface area contributed by atoms with Crippen molar-refractivity contribution in [3.05, 3.63) is 93.0 Å². The highest BCUT2D eigenvalue weighted by Gasteiger charge is 2.24. The SMILES string of the molecule is O=C(Nc1ccc(N2CCN(C(=O)Cc3ccccc3Cl)CC2)cc1)c1ccc(N2CCOCC2)c([N+](=O)[O-])c1. The normalized spacial score (nSPS) is 15.6. The van der Waals surface area contributed by atoms with Crippen LogP contribution < -0.4 is 15.1 Å². The number of nitro groups is 1. The number of halogens is 1. The second-order valence-corrected chi connectivity index (χ2v) is 10.1. The monoisotopic (exact) mass is 563 g/mol. The van der Waals surface area contributed by atoms with Crippen LogP contribution in [-0.4, -0.2) is 74.1 Å². The topological polar surface area (TPSA) is 108 Å². The van der Waals surface area contributed by atoms with E-state index in [1.54, 1.807) is 30.3 Å². The predicted molar refractivity (Wildman–Crippen MR) is 154 cm³/mol. The summed E-state index contributed by atoms with van der Waals surface area (Å²) in [7, 11) is 0. The minimum atomic E-state index is -0.458. The average molecular weight is 564 g/mol. The zero-order valence-corrected chi connectivity index (χ0v) is 22.7. The number of hydrogen-bond acceptors (Lipinski definition) is 7. The van der Waals surface area contributed by atoms with Gasteiger partial charge >= 0.3 is 0 Å². The molecule has 40 heavy (non-hydrogen) atoms. The Morgan fingerprint density at radius 3 is 2.27 bits per heavy atom. The molecule has 0 aliphatic carbocycles. The molecule has 2 heterocycles. The van der Waals surface area contributed by atoms with Crippen molar-refractivity contribution in [2.45, 2.75) is 6.42 Å². The summed E-state index contributed by atoms with van der Waals surface area (Å²) in [5.74, 6) is -0.362. The summed E-state index contributed by atoms with van der Waals surface area (Å²) in [6, 6.07) is 19.4. The molecule has 10 nitrogen and oxygen atoms in total. The first kappa shape index (κ1) is 27.4. The molecule has 0 bridgehead atoms. The molecule has 0 unspecified atom stereocenters. The Balaban J connectivity index is 1.17. The number of carbonyl (C=O) groups excluding carboxylic acids is 2. The average Bonchev–Trinajstić information content (AvgIpc) is 2.99. The van der Waals surface area contributed by atoms with Crippen LogP contribution in [0, 0.1) is 10.1 Å². The molecule has 2 aliphatic rings. The molecule has 1 N–H and O–H groups in total. The van der Waals surface area contributed by atoms with Gasteiger partial charge < -0.3 is 24.8 Å². The molecule has 5 rings (SSSR count). The van der Waals surface area contributed by atoms with Gasteiger partial charge in [0.05, 0.1) is 24.6 Å². The maximum absolute atomic E-state index is 12.9. The number of ether oxygens (including phenoxy) is 1. The van der Waals surface area contributed by atoms with Crippen molar-refractivity contribution in [1.29, 1.82) is 0 Å². The Labute approximate surface area is 237 Å². The zero-order chi connectivity index (χ0) is 28.1. The number of piperazine rings is 1. The molecule has 208 valence electrons. The maximum Gasteiger partial charge on any atom is 0.293 e. The van der Waals surface area contributed by atoms with Crippen LogP contribution in [0.5, 0.6) is 0 Å². The van der Waals surface area contributed by atoms with Gasteiger partial charge in [0, 0.05) is 67.3 Å². The van der Waals surface area contributed by atoms with Crippen molar-refractivity contribution < 1.29 is 19.2 Å². The van der Waals surface area contributed by atoms with Gasteiger partial charge in [-0.05, 0) is 48.0 Å². The highest BCUT2D eigenvalue weighted by Crippen LogP contribution is 2.30. The molecular weight excluding hydrogens is 534 g/mol. The molecule has 0 radical (unpaired) electrons. The van der Waals surface area contributed by atoms with Crippen molar-refractivity contribution in [3.63, 3.8) is 0 Å². The summed E-state index contributed by atoms with van der Waals surface area (Å²) in [4.78, 5) is 42.9. The lowest BCUT2D eigenvalue weighted by atomic mass is 10.1. The number of nitro benzene ring substituents is 1. The third kappa shape index (κ3) is 6.35. The molecule has 2 aliphatic heterocycles. The zero-order valence-electron chi connectivity index (χ0n) is 21.9. The lowest BCUT2D eigenvalue weighted by molar-refractivity contribution is -0.384. The van der Waals surface area contributed by atoms with E-state index in [4.69, 9.17) is 16.3 Å². The van der Waals surface area contributed by atoms with Gasteiger partial charge in [-0.2, -0.15) is 0 Å². The Hall–Kier alpha value is -4.15. The second kappa shape index (κ2) is 12.4. The quantitative estimate of drug-likeness (QED) is 0.338. The van der Waals surface area contributed by atoms with E-state index in [0.29, 0.717) is 68.9 Å². The van der Waals surface area contributed by atoms with Crippen LogP contribution in [0.25, 0.3) is 0 Å². The van der Waals surface area contributed by atoms with Crippen molar-refractivity contribution in [2.24, 2.45) is 0 Å². The van der Waals surface area contributed by atoms with E-state index in [0.717, 1.165) is 11.3 Å². The van der Waals surface area contributed by atoms with E-state index in [1.807, 2.05) is 40.1 Å². The number of benzene rings is 3. The number of carbonyl (C=O) groups is 2. The number of nitrogens with one attached hydrogen (secondary N) is 1. The molecular formula is C29H30ClN5O5. The van der Waals surface area contributed by atoms with Crippen molar-refractivity contribution in [3.8, 4) is 0 Å². The highest BCUT2D eigenvalue weighted by atomic mass is 35.5. The van der Waals surface area contributed by atoms with Gasteiger partial charge in [-0.15, -0.1) is 0 Å². The molecule has 0 spiro atoms. The first-order valence-corrected chi connectivity index (χ1v) is 13.6. The van der Waals surface area contributed by atoms with Crippen LogP contribution in [0.1, 0.15) is 15.9 Å². The van der Waals surface area contributed by atoms with E-state index in [9.17, 15) is 19.7 Å². The van der Waals surface area contributed by atoms with E-state index in [2.05, 4.69) is 10.2 Å². The summed E-state index contributed by atoms with van der Waals surface area (Å²) in [5, 5.41) is 15.2. The van der Waals surface area contributed by atoms with E-state index in [1.165, 1.54) is 6.07 Å². The second-order valence-electron chi connectivity index (χ2n) is 9.70. The molecule has 0 atom stereocenters. The highest BCUT2D eigenvalue weighted by molar-refractivity contribution is 6.31. The molecule has 11 heteroatoms. The molecule has 0 aromatic heterocycles. The van der Waals surface area contributed by atoms with Crippen LogP contribution in [0.4, 0.5) is 22.7 Å². The van der Waals surface area contributed by atoms with Gasteiger partial charge in [-0.3, -0.25) is 19.7 Å². The number of rotatable bonds is 7. The standard InChI is InChI=1S/C29H30ClN5O5/c30-25-4-2-1-3-21(25)20-28(36)34-13-11-32(12-14-34)24-8-6-23(7-9-24)31-29(37)22-5-10-26(27(19-22)35(38)39)33-15-17-40-18-16-33/h1-10,19H,11-18,20H2,(H,31,37). The van der Waals surface area contributed by atoms with Gasteiger partial charge in [-0.1, -0.05) is 29.8 Å². The largest absolute Gasteiger partial charge is 0.378 e. The van der Waals surface area contributed by atoms with Crippen LogP contribution in [0.3, 0.4) is 0 Å². The first-order chi connectivity index (χ1) is 19.4. The summed E-state index contributed by atoms with van der Waals surface area (Å²) >= 11 is 6.21. The number of hydrogen-bond donors (Lipinski definition) is 1. The van der Waals surface area contributed by atoms with Gasteiger partial charge in [0.2, 0.25) is 5.91 Å². The van der Waals surface area contributed by atoms with Crippen LogP contribution >= 0.6 is 11.6 Å². The summed E-state index contributed by atoms with van der Waals surface area (Å²) < 4.78 is 5.34. The number of nitrogens with zero attached hydrogens (tertiary/aromatic N) is 4. The molecule has 3 aromatic carbocycles. The van der Waals surface area contributed by atoms with Gasteiger partial charge in [0.15, 0.2) is 0 Å². The fourth-order valence-electron chi connectivity index (χ4n) is 4.97. The Kier molecular flexibility index (Phi) is 8.47. The summed E-state index contributed by atoms with van der Waals surface area (Å²) in [6.07, 6.45) is 0.285. The van der Waals surface area contributed by atoms with Crippen molar-refractivity contribution in [2.75, 3.05) is 67.6 Å². The lowest BCUT2D eigenvalue weighted by Crippen LogP contribution is -2.49. The number of amides is 2. The van der Waals surface area contributed by atoms with Gasteiger partial charge in [-0.25, -0.2) is 0 Å². The molecule has 2 fully saturated rings. The fraction of sp³-hybridized carbons (Fsp3) is 0.310. The molecule has 0 saturated carbocycles. The van der Waals surface area contributed by atoms with E-state index < -0.39 is 10.8 Å². The maximum atomic E-state index is 12.9. The van der Waals surface area contributed by atoms with Gasteiger partial charge in [0.1, 0.15) is 5.69 Å². The molecule has 2 saturated heterocycles.